The van der Waals surface area contributed by atoms with E-state index in [2.05, 4.69) is 5.32 Å². The Labute approximate surface area is 202 Å². The zero-order chi connectivity index (χ0) is 23.3. The van der Waals surface area contributed by atoms with Crippen LogP contribution in [0.2, 0.25) is 5.02 Å². The van der Waals surface area contributed by atoms with Crippen LogP contribution in [0.3, 0.4) is 0 Å². The van der Waals surface area contributed by atoms with Crippen molar-refractivity contribution >= 4 is 51.3 Å². The highest BCUT2D eigenvalue weighted by molar-refractivity contribution is 7.91. The lowest BCUT2D eigenvalue weighted by Crippen LogP contribution is -2.51. The van der Waals surface area contributed by atoms with Crippen LogP contribution < -0.4 is 16.0 Å². The summed E-state index contributed by atoms with van der Waals surface area (Å²) in [6.45, 7) is 1.85. The molecule has 0 bridgehead atoms. The predicted octanol–water partition coefficient (Wildman–Crippen LogP) is 3.22. The van der Waals surface area contributed by atoms with Crippen molar-refractivity contribution in [3.8, 4) is 0 Å². The molecule has 2 aromatic rings. The molecule has 2 amide bonds. The minimum absolute atomic E-state index is 0. The van der Waals surface area contributed by atoms with Gasteiger partial charge in [0.05, 0.1) is 34.5 Å². The summed E-state index contributed by atoms with van der Waals surface area (Å²) in [6.07, 6.45) is 2.51. The molecule has 11 heteroatoms. The second kappa shape index (κ2) is 9.21. The van der Waals surface area contributed by atoms with Crippen molar-refractivity contribution < 1.29 is 22.4 Å². The van der Waals surface area contributed by atoms with E-state index in [4.69, 9.17) is 17.3 Å². The minimum atomic E-state index is -4.07. The van der Waals surface area contributed by atoms with E-state index < -0.39 is 44.8 Å². The Morgan fingerprint density at radius 2 is 1.91 bits per heavy atom. The van der Waals surface area contributed by atoms with Gasteiger partial charge in [0.1, 0.15) is 5.82 Å². The van der Waals surface area contributed by atoms with Crippen LogP contribution in [0.4, 0.5) is 10.1 Å². The van der Waals surface area contributed by atoms with Gasteiger partial charge in [-0.2, -0.15) is 0 Å². The number of carbonyl (C=O) groups is 2. The fourth-order valence-corrected chi connectivity index (χ4v) is 5.69. The number of nitrogens with one attached hydrogen (secondary N) is 1. The number of hydrogen-bond acceptors (Lipinski definition) is 5. The van der Waals surface area contributed by atoms with Crippen LogP contribution in [0, 0.1) is 5.82 Å². The zero-order valence-electron chi connectivity index (χ0n) is 17.8. The quantitative estimate of drug-likeness (QED) is 0.649. The summed E-state index contributed by atoms with van der Waals surface area (Å²) in [5.74, 6) is -2.91. The number of anilines is 1. The molecule has 0 aromatic heterocycles. The Kier molecular flexibility index (Phi) is 7.10. The Hall–Kier alpha value is -2.20. The maximum absolute atomic E-state index is 14.9. The van der Waals surface area contributed by atoms with E-state index in [0.717, 1.165) is 31.4 Å². The van der Waals surface area contributed by atoms with E-state index in [1.54, 1.807) is 24.3 Å². The fourth-order valence-electron chi connectivity index (χ4n) is 4.00. The van der Waals surface area contributed by atoms with E-state index in [9.17, 15) is 22.4 Å². The standard InChI is InChI=1S/C22H23ClFN3O4S.ClH/c1-22(7-2-8-22)26-20(28)15-9-18-19(10-16(15)24)32(30,31)12-17(25)21(29)27(18)11-13-3-5-14(23)6-4-13;/h3-6,9-10,17H,2,7-8,11-12,25H2,1H3,(H,26,28);1H/t17-;/m0./s1. The molecule has 1 atom stereocenters. The first kappa shape index (κ1) is 25.4. The lowest BCUT2D eigenvalue weighted by atomic mass is 9.78. The average Bonchev–Trinajstić information content (AvgIpc) is 2.76. The molecule has 1 heterocycles. The summed E-state index contributed by atoms with van der Waals surface area (Å²) in [6, 6.07) is 7.27. The highest BCUT2D eigenvalue weighted by Crippen LogP contribution is 2.35. The number of halogens is 3. The topological polar surface area (TPSA) is 110 Å². The predicted molar refractivity (Wildman–Crippen MR) is 126 cm³/mol. The molecule has 1 fully saturated rings. The Morgan fingerprint density at radius 1 is 1.27 bits per heavy atom. The van der Waals surface area contributed by atoms with Gasteiger partial charge in [0.15, 0.2) is 9.84 Å². The van der Waals surface area contributed by atoms with Crippen molar-refractivity contribution in [1.82, 2.24) is 5.32 Å². The normalized spacial score (nSPS) is 20.7. The Morgan fingerprint density at radius 3 is 2.48 bits per heavy atom. The number of carbonyl (C=O) groups excluding carboxylic acids is 2. The molecule has 1 aliphatic carbocycles. The van der Waals surface area contributed by atoms with E-state index in [0.29, 0.717) is 10.6 Å². The molecule has 0 radical (unpaired) electrons. The number of benzene rings is 2. The van der Waals surface area contributed by atoms with Crippen molar-refractivity contribution in [2.45, 2.75) is 49.2 Å². The number of nitrogens with two attached hydrogens (primary N) is 1. The summed E-state index contributed by atoms with van der Waals surface area (Å²) in [7, 11) is -4.07. The number of amides is 2. The van der Waals surface area contributed by atoms with E-state index in [1.807, 2.05) is 6.92 Å². The maximum atomic E-state index is 14.9. The lowest BCUT2D eigenvalue weighted by molar-refractivity contribution is -0.119. The molecule has 178 valence electrons. The van der Waals surface area contributed by atoms with Crippen LogP contribution in [0.5, 0.6) is 0 Å². The molecular weight excluding hydrogens is 492 g/mol. The number of hydrogen-bond donors (Lipinski definition) is 2. The molecule has 2 aliphatic rings. The first-order valence-corrected chi connectivity index (χ1v) is 12.2. The lowest BCUT2D eigenvalue weighted by Gasteiger charge is -2.39. The van der Waals surface area contributed by atoms with E-state index >= 15 is 0 Å². The van der Waals surface area contributed by atoms with Crippen molar-refractivity contribution in [1.29, 1.82) is 0 Å². The largest absolute Gasteiger partial charge is 0.347 e. The summed E-state index contributed by atoms with van der Waals surface area (Å²) in [4.78, 5) is 26.7. The van der Waals surface area contributed by atoms with Gasteiger partial charge < -0.3 is 16.0 Å². The van der Waals surface area contributed by atoms with Gasteiger partial charge in [0.2, 0.25) is 5.91 Å². The van der Waals surface area contributed by atoms with Gasteiger partial charge in [-0.3, -0.25) is 9.59 Å². The molecular formula is C22H24Cl2FN3O4S. The molecule has 0 saturated heterocycles. The molecule has 4 rings (SSSR count). The molecule has 7 nitrogen and oxygen atoms in total. The van der Waals surface area contributed by atoms with Crippen LogP contribution in [0.1, 0.15) is 42.1 Å². The first-order chi connectivity index (χ1) is 15.0. The molecule has 1 saturated carbocycles. The van der Waals surface area contributed by atoms with Gasteiger partial charge in [-0.25, -0.2) is 12.8 Å². The summed E-state index contributed by atoms with van der Waals surface area (Å²) < 4.78 is 40.7. The smallest absolute Gasteiger partial charge is 0.254 e. The number of rotatable bonds is 4. The fraction of sp³-hybridized carbons (Fsp3) is 0.364. The van der Waals surface area contributed by atoms with Crippen LogP contribution in [-0.4, -0.2) is 37.6 Å². The minimum Gasteiger partial charge on any atom is -0.347 e. The van der Waals surface area contributed by atoms with Gasteiger partial charge in [0.25, 0.3) is 5.91 Å². The Bertz CT molecular complexity index is 1200. The van der Waals surface area contributed by atoms with Gasteiger partial charge >= 0.3 is 0 Å². The summed E-state index contributed by atoms with van der Waals surface area (Å²) in [5, 5.41) is 3.31. The van der Waals surface area contributed by atoms with Crippen molar-refractivity contribution in [2.24, 2.45) is 5.73 Å². The second-order valence-electron chi connectivity index (χ2n) is 8.61. The molecule has 0 unspecified atom stereocenters. The van der Waals surface area contributed by atoms with Crippen LogP contribution in [0.15, 0.2) is 41.3 Å². The highest BCUT2D eigenvalue weighted by atomic mass is 35.5. The van der Waals surface area contributed by atoms with E-state index in [1.165, 1.54) is 4.90 Å². The number of fused-ring (bicyclic) bond motifs is 1. The number of sulfone groups is 1. The summed E-state index contributed by atoms with van der Waals surface area (Å²) >= 11 is 5.93. The first-order valence-electron chi connectivity index (χ1n) is 10.2. The molecule has 2 aromatic carbocycles. The Balaban J connectivity index is 0.00000306. The van der Waals surface area contributed by atoms with E-state index in [-0.39, 0.29) is 35.1 Å². The molecule has 3 N–H and O–H groups in total. The zero-order valence-corrected chi connectivity index (χ0v) is 20.2. The van der Waals surface area contributed by atoms with Crippen molar-refractivity contribution in [3.63, 3.8) is 0 Å². The second-order valence-corrected chi connectivity index (χ2v) is 11.0. The van der Waals surface area contributed by atoms with Crippen LogP contribution in [0.25, 0.3) is 0 Å². The monoisotopic (exact) mass is 515 g/mol. The third kappa shape index (κ3) is 5.01. The molecule has 33 heavy (non-hydrogen) atoms. The van der Waals surface area contributed by atoms with Crippen molar-refractivity contribution in [3.05, 3.63) is 58.4 Å². The number of nitrogens with zero attached hydrogens (tertiary/aromatic N) is 1. The van der Waals surface area contributed by atoms with Gasteiger partial charge in [0, 0.05) is 10.6 Å². The van der Waals surface area contributed by atoms with Gasteiger partial charge in [-0.15, -0.1) is 12.4 Å². The molecule has 0 spiro atoms. The van der Waals surface area contributed by atoms with Crippen LogP contribution in [-0.2, 0) is 21.2 Å². The van der Waals surface area contributed by atoms with Gasteiger partial charge in [-0.05, 0) is 56.0 Å². The average molecular weight is 516 g/mol. The third-order valence-corrected chi connectivity index (χ3v) is 8.07. The third-order valence-electron chi connectivity index (χ3n) is 6.03. The van der Waals surface area contributed by atoms with Crippen molar-refractivity contribution in [2.75, 3.05) is 10.7 Å². The van der Waals surface area contributed by atoms with Gasteiger partial charge in [-0.1, -0.05) is 23.7 Å². The summed E-state index contributed by atoms with van der Waals surface area (Å²) in [5.41, 5.74) is 5.73. The highest BCUT2D eigenvalue weighted by Gasteiger charge is 2.39. The maximum Gasteiger partial charge on any atom is 0.254 e. The van der Waals surface area contributed by atoms with Crippen LogP contribution >= 0.6 is 24.0 Å². The SMILES string of the molecule is CC1(NC(=O)c2cc3c(cc2F)S(=O)(=O)C[C@H](N)C(=O)N3Cc2ccc(Cl)cc2)CCC1.Cl. The molecule has 1 aliphatic heterocycles.